The van der Waals surface area contributed by atoms with Gasteiger partial charge in [0.05, 0.1) is 0 Å². The second kappa shape index (κ2) is 5.52. The first-order valence-corrected chi connectivity index (χ1v) is 6.62. The Hall–Kier alpha value is -2.43. The topological polar surface area (TPSA) is 38.3 Å². The highest BCUT2D eigenvalue weighted by Gasteiger charge is 2.15. The van der Waals surface area contributed by atoms with E-state index in [-0.39, 0.29) is 18.1 Å². The van der Waals surface area contributed by atoms with Gasteiger partial charge in [-0.15, -0.1) is 0 Å². The SMILES string of the molecule is O=C1CCc2ccc(OCc3cccc(F)c3F)cc2N1. The molecule has 3 nitrogen and oxygen atoms in total. The molecule has 3 rings (SSSR count). The average Bonchev–Trinajstić information content (AvgIpc) is 2.48. The Bertz CT molecular complexity index is 701. The summed E-state index contributed by atoms with van der Waals surface area (Å²) in [5.41, 5.74) is 1.90. The van der Waals surface area contributed by atoms with Crippen molar-refractivity contribution in [3.8, 4) is 5.75 Å². The number of benzene rings is 2. The maximum atomic E-state index is 13.5. The van der Waals surface area contributed by atoms with E-state index in [0.29, 0.717) is 24.3 Å². The second-order valence-corrected chi connectivity index (χ2v) is 4.87. The summed E-state index contributed by atoms with van der Waals surface area (Å²) in [5.74, 6) is -1.33. The number of amides is 1. The van der Waals surface area contributed by atoms with Gasteiger partial charge in [-0.05, 0) is 24.1 Å². The average molecular weight is 289 g/mol. The molecule has 0 radical (unpaired) electrons. The molecule has 0 saturated carbocycles. The Morgan fingerprint density at radius 2 is 2.00 bits per heavy atom. The Balaban J connectivity index is 1.75. The van der Waals surface area contributed by atoms with Crippen LogP contribution in [0.5, 0.6) is 5.75 Å². The van der Waals surface area contributed by atoms with Crippen LogP contribution in [-0.4, -0.2) is 5.91 Å². The third kappa shape index (κ3) is 2.86. The van der Waals surface area contributed by atoms with Crippen LogP contribution < -0.4 is 10.1 Å². The van der Waals surface area contributed by atoms with Crippen molar-refractivity contribution < 1.29 is 18.3 Å². The van der Waals surface area contributed by atoms with Gasteiger partial charge in [0.1, 0.15) is 12.4 Å². The van der Waals surface area contributed by atoms with E-state index in [1.807, 2.05) is 6.07 Å². The highest BCUT2D eigenvalue weighted by Crippen LogP contribution is 2.27. The van der Waals surface area contributed by atoms with Crippen LogP contribution in [0.4, 0.5) is 14.5 Å². The van der Waals surface area contributed by atoms with Crippen molar-refractivity contribution in [2.45, 2.75) is 19.4 Å². The van der Waals surface area contributed by atoms with Gasteiger partial charge in [0, 0.05) is 23.7 Å². The molecule has 2 aromatic rings. The molecular formula is C16H13F2NO2. The number of hydrogen-bond donors (Lipinski definition) is 1. The molecule has 1 aliphatic rings. The summed E-state index contributed by atoms with van der Waals surface area (Å²) in [6.07, 6.45) is 1.17. The molecule has 0 aromatic heterocycles. The summed E-state index contributed by atoms with van der Waals surface area (Å²) < 4.78 is 32.1. The van der Waals surface area contributed by atoms with Crippen molar-refractivity contribution in [3.05, 3.63) is 59.2 Å². The predicted octanol–water partition coefficient (Wildman–Crippen LogP) is 3.43. The zero-order valence-corrected chi connectivity index (χ0v) is 11.2. The van der Waals surface area contributed by atoms with Gasteiger partial charge in [-0.2, -0.15) is 0 Å². The summed E-state index contributed by atoms with van der Waals surface area (Å²) in [4.78, 5) is 11.4. The largest absolute Gasteiger partial charge is 0.489 e. The number of carbonyl (C=O) groups excluding carboxylic acids is 1. The lowest BCUT2D eigenvalue weighted by atomic mass is 10.0. The van der Waals surface area contributed by atoms with Crippen LogP contribution in [0.1, 0.15) is 17.5 Å². The van der Waals surface area contributed by atoms with Gasteiger partial charge in [0.25, 0.3) is 0 Å². The van der Waals surface area contributed by atoms with E-state index in [2.05, 4.69) is 5.32 Å². The molecule has 0 atom stereocenters. The Labute approximate surface area is 120 Å². The van der Waals surface area contributed by atoms with Crippen molar-refractivity contribution in [2.24, 2.45) is 0 Å². The second-order valence-electron chi connectivity index (χ2n) is 4.87. The van der Waals surface area contributed by atoms with Crippen LogP contribution >= 0.6 is 0 Å². The molecule has 1 N–H and O–H groups in total. The summed E-state index contributed by atoms with van der Waals surface area (Å²) in [6, 6.07) is 9.29. The molecule has 5 heteroatoms. The van der Waals surface area contributed by atoms with E-state index in [0.717, 1.165) is 11.6 Å². The Morgan fingerprint density at radius 3 is 2.86 bits per heavy atom. The quantitative estimate of drug-likeness (QED) is 0.940. The minimum atomic E-state index is -0.899. The molecule has 1 aliphatic heterocycles. The first-order chi connectivity index (χ1) is 10.1. The van der Waals surface area contributed by atoms with E-state index >= 15 is 0 Å². The third-order valence-electron chi connectivity index (χ3n) is 3.40. The fourth-order valence-electron chi connectivity index (χ4n) is 2.26. The number of carbonyl (C=O) groups is 1. The zero-order chi connectivity index (χ0) is 14.8. The van der Waals surface area contributed by atoms with E-state index in [1.165, 1.54) is 12.1 Å². The molecule has 0 unspecified atom stereocenters. The van der Waals surface area contributed by atoms with Crippen molar-refractivity contribution in [1.82, 2.24) is 0 Å². The van der Waals surface area contributed by atoms with Crippen molar-refractivity contribution >= 4 is 11.6 Å². The normalized spacial score (nSPS) is 13.5. The fourth-order valence-corrected chi connectivity index (χ4v) is 2.26. The molecule has 0 fully saturated rings. The van der Waals surface area contributed by atoms with Crippen molar-refractivity contribution in [2.75, 3.05) is 5.32 Å². The number of nitrogens with one attached hydrogen (secondary N) is 1. The van der Waals surface area contributed by atoms with Crippen molar-refractivity contribution in [3.63, 3.8) is 0 Å². The van der Waals surface area contributed by atoms with Crippen LogP contribution in [-0.2, 0) is 17.8 Å². The number of halogens is 2. The van der Waals surface area contributed by atoms with E-state index in [1.54, 1.807) is 12.1 Å². The Kier molecular flexibility index (Phi) is 3.56. The lowest BCUT2D eigenvalue weighted by Crippen LogP contribution is -2.18. The Morgan fingerprint density at radius 1 is 1.14 bits per heavy atom. The number of rotatable bonds is 3. The number of hydrogen-bond acceptors (Lipinski definition) is 2. The smallest absolute Gasteiger partial charge is 0.224 e. The lowest BCUT2D eigenvalue weighted by molar-refractivity contribution is -0.116. The summed E-state index contributed by atoms with van der Waals surface area (Å²) in [6.45, 7) is -0.0731. The molecule has 21 heavy (non-hydrogen) atoms. The van der Waals surface area contributed by atoms with Crippen LogP contribution in [0.15, 0.2) is 36.4 Å². The first kappa shape index (κ1) is 13.5. The minimum Gasteiger partial charge on any atom is -0.489 e. The maximum absolute atomic E-state index is 13.5. The van der Waals surface area contributed by atoms with Gasteiger partial charge in [-0.1, -0.05) is 18.2 Å². The van der Waals surface area contributed by atoms with Crippen LogP contribution in [0, 0.1) is 11.6 Å². The molecule has 0 saturated heterocycles. The molecule has 2 aromatic carbocycles. The monoisotopic (exact) mass is 289 g/mol. The third-order valence-corrected chi connectivity index (χ3v) is 3.40. The van der Waals surface area contributed by atoms with Crippen LogP contribution in [0.25, 0.3) is 0 Å². The molecule has 0 aliphatic carbocycles. The molecule has 108 valence electrons. The maximum Gasteiger partial charge on any atom is 0.224 e. The zero-order valence-electron chi connectivity index (χ0n) is 11.2. The first-order valence-electron chi connectivity index (χ1n) is 6.62. The van der Waals surface area contributed by atoms with Crippen LogP contribution in [0.3, 0.4) is 0 Å². The van der Waals surface area contributed by atoms with Gasteiger partial charge in [-0.25, -0.2) is 8.78 Å². The standard InChI is InChI=1S/C16H13F2NO2/c17-13-3-1-2-11(16(13)18)9-21-12-6-4-10-5-7-15(20)19-14(10)8-12/h1-4,6,8H,5,7,9H2,(H,19,20). The van der Waals surface area contributed by atoms with Gasteiger partial charge < -0.3 is 10.1 Å². The highest BCUT2D eigenvalue weighted by atomic mass is 19.2. The number of aryl methyl sites for hydroxylation is 1. The number of fused-ring (bicyclic) bond motifs is 1. The fraction of sp³-hybridized carbons (Fsp3) is 0.188. The molecule has 1 amide bonds. The molecule has 0 spiro atoms. The van der Waals surface area contributed by atoms with E-state index in [9.17, 15) is 13.6 Å². The number of anilines is 1. The molecule has 1 heterocycles. The van der Waals surface area contributed by atoms with Crippen LogP contribution in [0.2, 0.25) is 0 Å². The van der Waals surface area contributed by atoms with E-state index < -0.39 is 11.6 Å². The summed E-state index contributed by atoms with van der Waals surface area (Å²) in [7, 11) is 0. The van der Waals surface area contributed by atoms with Gasteiger partial charge in [-0.3, -0.25) is 4.79 Å². The van der Waals surface area contributed by atoms with Gasteiger partial charge in [0.2, 0.25) is 5.91 Å². The van der Waals surface area contributed by atoms with Gasteiger partial charge in [0.15, 0.2) is 11.6 Å². The highest BCUT2D eigenvalue weighted by molar-refractivity contribution is 5.94. The summed E-state index contributed by atoms with van der Waals surface area (Å²) in [5, 5.41) is 2.77. The predicted molar refractivity (Wildman–Crippen MR) is 74.1 cm³/mol. The molecule has 0 bridgehead atoms. The van der Waals surface area contributed by atoms with Crippen molar-refractivity contribution in [1.29, 1.82) is 0 Å². The number of ether oxygens (including phenoxy) is 1. The minimum absolute atomic E-state index is 0.0316. The molecular weight excluding hydrogens is 276 g/mol. The lowest BCUT2D eigenvalue weighted by Gasteiger charge is -2.17. The van der Waals surface area contributed by atoms with E-state index in [4.69, 9.17) is 4.74 Å². The summed E-state index contributed by atoms with van der Waals surface area (Å²) >= 11 is 0. The van der Waals surface area contributed by atoms with Gasteiger partial charge >= 0.3 is 0 Å².